The summed E-state index contributed by atoms with van der Waals surface area (Å²) in [6.45, 7) is 24.3. The summed E-state index contributed by atoms with van der Waals surface area (Å²) in [7, 11) is -29.3. The van der Waals surface area contributed by atoms with Gasteiger partial charge in [-0.05, 0) is 48.5 Å². The maximum Gasteiger partial charge on any atom is 0.483 e. The minimum Gasteiger partial charge on any atom is -0.391 e. The maximum absolute atomic E-state index is 12.6. The molecule has 13 nitrogen and oxygen atoms in total. The SMILES string of the molecule is CC(C)C[Si]1(O)O[Si]2(CCCN)O[Si](O)(CC(C)C)O[Si]3(CC(C)C)O[Si](O)(CC(C)C)O[Si](CC(C)C)(O1)O[Si](CC(C)C)(O2)O3. The quantitative estimate of drug-likeness (QED) is 0.164. The van der Waals surface area contributed by atoms with Crippen molar-refractivity contribution >= 4 is 61.6 Å². The van der Waals surface area contributed by atoms with Crippen molar-refractivity contribution in [1.29, 1.82) is 0 Å². The Morgan fingerprint density at radius 2 is 0.617 bits per heavy atom. The van der Waals surface area contributed by atoms with E-state index < -0.39 is 61.6 Å². The van der Waals surface area contributed by atoms with Gasteiger partial charge in [0.05, 0.1) is 0 Å². The normalized spacial score (nSPS) is 40.0. The molecule has 5 N–H and O–H groups in total. The highest BCUT2D eigenvalue weighted by Crippen LogP contribution is 2.49. The molecule has 3 fully saturated rings. The summed E-state index contributed by atoms with van der Waals surface area (Å²) in [5.41, 5.74) is 6.05. The highest BCUT2D eigenvalue weighted by Gasteiger charge is 2.76. The molecular weight excluding hydrogens is 727 g/mol. The number of fused-ring (bicyclic) bond motifs is 3. The summed E-state index contributed by atoms with van der Waals surface area (Å²) in [6.07, 6.45) is 0.438. The lowest BCUT2D eigenvalue weighted by atomic mass is 10.3. The average Bonchev–Trinajstić information content (AvgIpc) is 2.75. The average molecular weight is 792 g/mol. The molecule has 278 valence electrons. The molecular formula is C27H65NO12Si7. The molecule has 0 aromatic heterocycles. The zero-order valence-electron chi connectivity index (χ0n) is 30.9. The van der Waals surface area contributed by atoms with Crippen LogP contribution in [-0.4, -0.2) is 82.6 Å². The largest absolute Gasteiger partial charge is 0.483 e. The predicted octanol–water partition coefficient (Wildman–Crippen LogP) is 5.01. The van der Waals surface area contributed by atoms with Crippen LogP contribution in [0.25, 0.3) is 0 Å². The fraction of sp³-hybridized carbons (Fsp3) is 1.00. The van der Waals surface area contributed by atoms with Crippen molar-refractivity contribution < 1.29 is 51.4 Å². The van der Waals surface area contributed by atoms with Crippen LogP contribution < -0.4 is 5.73 Å². The molecule has 0 aromatic rings. The van der Waals surface area contributed by atoms with E-state index in [0.29, 0.717) is 19.0 Å². The first kappa shape index (κ1) is 42.4. The van der Waals surface area contributed by atoms with Crippen LogP contribution in [0.4, 0.5) is 0 Å². The lowest BCUT2D eigenvalue weighted by molar-refractivity contribution is 0.00412. The van der Waals surface area contributed by atoms with Crippen LogP contribution in [0.3, 0.4) is 0 Å². The van der Waals surface area contributed by atoms with E-state index in [2.05, 4.69) is 0 Å². The molecule has 3 aliphatic heterocycles. The van der Waals surface area contributed by atoms with E-state index in [1.54, 1.807) is 0 Å². The van der Waals surface area contributed by atoms with Gasteiger partial charge >= 0.3 is 61.6 Å². The maximum atomic E-state index is 12.6. The van der Waals surface area contributed by atoms with Crippen molar-refractivity contribution in [2.45, 2.75) is 132 Å². The molecule has 0 spiro atoms. The third-order valence-corrected chi connectivity index (χ3v) is 39.0. The summed E-state index contributed by atoms with van der Waals surface area (Å²) in [6, 6.07) is 1.53. The van der Waals surface area contributed by atoms with E-state index in [0.717, 1.165) is 0 Å². The van der Waals surface area contributed by atoms with Crippen molar-refractivity contribution in [2.75, 3.05) is 6.54 Å². The van der Waals surface area contributed by atoms with E-state index in [1.165, 1.54) is 0 Å². The molecule has 0 saturated carbocycles. The molecule has 47 heavy (non-hydrogen) atoms. The molecule has 0 aromatic carbocycles. The van der Waals surface area contributed by atoms with Gasteiger partial charge in [0, 0.05) is 42.3 Å². The molecule has 4 bridgehead atoms. The lowest BCUT2D eigenvalue weighted by Crippen LogP contribution is -2.82. The first-order chi connectivity index (χ1) is 21.4. The predicted molar refractivity (Wildman–Crippen MR) is 193 cm³/mol. The van der Waals surface area contributed by atoms with Crippen molar-refractivity contribution in [1.82, 2.24) is 0 Å². The van der Waals surface area contributed by atoms with Crippen molar-refractivity contribution in [3.05, 3.63) is 0 Å². The second-order valence-corrected chi connectivity index (χ2v) is 36.3. The Morgan fingerprint density at radius 1 is 0.383 bits per heavy atom. The molecule has 3 rings (SSSR count). The molecule has 20 heteroatoms. The Bertz CT molecular complexity index is 979. The summed E-state index contributed by atoms with van der Waals surface area (Å²) in [4.78, 5) is 37.8. The molecule has 0 radical (unpaired) electrons. The van der Waals surface area contributed by atoms with Crippen LogP contribution >= 0.6 is 0 Å². The Labute approximate surface area is 291 Å². The van der Waals surface area contributed by atoms with Crippen molar-refractivity contribution in [2.24, 2.45) is 41.2 Å². The van der Waals surface area contributed by atoms with E-state index in [9.17, 15) is 14.4 Å². The fourth-order valence-corrected chi connectivity index (χ4v) is 45.1. The van der Waals surface area contributed by atoms with Crippen LogP contribution in [0, 0.1) is 35.5 Å². The number of hydrogen-bond acceptors (Lipinski definition) is 13. The second kappa shape index (κ2) is 15.9. The van der Waals surface area contributed by atoms with Gasteiger partial charge in [-0.1, -0.05) is 83.1 Å². The van der Waals surface area contributed by atoms with E-state index >= 15 is 0 Å². The summed E-state index contributed by atoms with van der Waals surface area (Å²) < 4.78 is 63.2. The van der Waals surface area contributed by atoms with Gasteiger partial charge in [-0.3, -0.25) is 0 Å². The third kappa shape index (κ3) is 11.7. The van der Waals surface area contributed by atoms with Gasteiger partial charge in [0.25, 0.3) is 0 Å². The minimum absolute atomic E-state index is 0.0123. The molecule has 0 amide bonds. The topological polar surface area (TPSA) is 170 Å². The molecule has 3 saturated heterocycles. The van der Waals surface area contributed by atoms with Crippen LogP contribution in [-0.2, 0) is 37.0 Å². The van der Waals surface area contributed by atoms with E-state index in [-0.39, 0.29) is 71.8 Å². The first-order valence-corrected chi connectivity index (χ1v) is 31.2. The second-order valence-electron chi connectivity index (χ2n) is 16.3. The van der Waals surface area contributed by atoms with Crippen LogP contribution in [0.2, 0.25) is 42.3 Å². The Morgan fingerprint density at radius 3 is 0.872 bits per heavy atom. The van der Waals surface area contributed by atoms with Gasteiger partial charge in [-0.25, -0.2) is 0 Å². The third-order valence-electron chi connectivity index (χ3n) is 7.48. The standard InChI is InChI=1S/C27H65NO12Si7/c1-22(2)16-41(29)32-44(15-13-14-28)33-42(30,17-23(3)4)35-46(20-26(9)10)37-43(31,18-24(5)6)36-45(34-41,19-25(7)8)39-47(38-44,40-46)21-27(11)12/h22-27,29-31H,13-21,28H2,1-12H3. The zero-order chi connectivity index (χ0) is 35.7. The summed E-state index contributed by atoms with van der Waals surface area (Å²) in [5, 5.41) is 0. The van der Waals surface area contributed by atoms with Gasteiger partial charge in [-0.15, -0.1) is 0 Å². The van der Waals surface area contributed by atoms with Crippen LogP contribution in [0.1, 0.15) is 89.5 Å². The first-order valence-electron chi connectivity index (χ1n) is 17.6. The van der Waals surface area contributed by atoms with Gasteiger partial charge in [0.1, 0.15) is 0 Å². The van der Waals surface area contributed by atoms with Gasteiger partial charge in [0.15, 0.2) is 0 Å². The Kier molecular flexibility index (Phi) is 14.4. The Balaban J connectivity index is 2.50. The van der Waals surface area contributed by atoms with Gasteiger partial charge < -0.3 is 57.2 Å². The number of hydrogen-bond donors (Lipinski definition) is 4. The van der Waals surface area contributed by atoms with Crippen LogP contribution in [0.5, 0.6) is 0 Å². The summed E-state index contributed by atoms with van der Waals surface area (Å²) >= 11 is 0. The number of nitrogens with two attached hydrogens (primary N) is 1. The summed E-state index contributed by atoms with van der Waals surface area (Å²) in [5.74, 6) is -0.152. The molecule has 4 atom stereocenters. The Hall–Kier alpha value is 0.998. The lowest BCUT2D eigenvalue weighted by Gasteiger charge is -2.57. The zero-order valence-corrected chi connectivity index (χ0v) is 37.9. The molecule has 3 aliphatic rings. The number of rotatable bonds is 15. The molecule has 4 unspecified atom stereocenters. The van der Waals surface area contributed by atoms with Crippen molar-refractivity contribution in [3.8, 4) is 0 Å². The highest BCUT2D eigenvalue weighted by molar-refractivity contribution is 6.98. The van der Waals surface area contributed by atoms with E-state index in [4.69, 9.17) is 42.8 Å². The minimum atomic E-state index is -4.30. The van der Waals surface area contributed by atoms with Crippen molar-refractivity contribution in [3.63, 3.8) is 0 Å². The highest BCUT2D eigenvalue weighted by atomic mass is 28.6. The molecule has 0 aliphatic carbocycles. The van der Waals surface area contributed by atoms with Gasteiger partial charge in [0.2, 0.25) is 0 Å². The smallest absolute Gasteiger partial charge is 0.391 e. The van der Waals surface area contributed by atoms with E-state index in [1.807, 2.05) is 83.1 Å². The fourth-order valence-electron chi connectivity index (χ4n) is 6.63. The monoisotopic (exact) mass is 791 g/mol. The van der Waals surface area contributed by atoms with Crippen LogP contribution in [0.15, 0.2) is 0 Å². The molecule has 3 heterocycles. The van der Waals surface area contributed by atoms with Gasteiger partial charge in [-0.2, -0.15) is 0 Å².